The van der Waals surface area contributed by atoms with Crippen molar-refractivity contribution in [3.63, 3.8) is 0 Å². The number of aliphatic hydroxyl groups is 2. The Morgan fingerprint density at radius 1 is 0.484 bits per heavy atom. The summed E-state index contributed by atoms with van der Waals surface area (Å²) in [4.78, 5) is 19.0. The first-order chi connectivity index (χ1) is 13.8. The zero-order valence-electron chi connectivity index (χ0n) is 21.1. The van der Waals surface area contributed by atoms with Gasteiger partial charge in [0.05, 0.1) is 0 Å². The maximum absolute atomic E-state index is 9.48. The van der Waals surface area contributed by atoms with E-state index in [9.17, 15) is 9.59 Å². The summed E-state index contributed by atoms with van der Waals surface area (Å²) in [6, 6.07) is 0. The molecule has 0 bridgehead atoms. The van der Waals surface area contributed by atoms with Crippen molar-refractivity contribution >= 4 is 18.1 Å². The molecule has 10 nitrogen and oxygen atoms in total. The molecule has 0 radical (unpaired) electrons. The summed E-state index contributed by atoms with van der Waals surface area (Å²) >= 11 is 0. The monoisotopic (exact) mass is 528 g/mol. The molecule has 0 aliphatic heterocycles. The van der Waals surface area contributed by atoms with Crippen LogP contribution >= 0.6 is 0 Å². The molecule has 0 fully saturated rings. The van der Waals surface area contributed by atoms with Crippen LogP contribution in [-0.4, -0.2) is 89.7 Å². The summed E-state index contributed by atoms with van der Waals surface area (Å²) in [6.07, 6.45) is -0.333. The van der Waals surface area contributed by atoms with E-state index in [4.69, 9.17) is 36.8 Å². The van der Waals surface area contributed by atoms with Crippen LogP contribution in [0.1, 0.15) is 69.2 Å². The molecule has 0 aliphatic rings. The number of hydrogen-bond acceptors (Lipinski definition) is 10. The van der Waals surface area contributed by atoms with Crippen LogP contribution in [0.4, 0.5) is 0 Å². The Morgan fingerprint density at radius 3 is 0.645 bits per heavy atom. The molecule has 0 aromatic carbocycles. The second-order valence-corrected chi connectivity index (χ2v) is 9.66. The molecule has 0 saturated heterocycles. The van der Waals surface area contributed by atoms with E-state index >= 15 is 0 Å². The smallest absolute Gasteiger partial charge is 0.394 e. The zero-order chi connectivity index (χ0) is 24.6. The minimum absolute atomic E-state index is 0. The second-order valence-electron chi connectivity index (χ2n) is 5.83. The quantitative estimate of drug-likeness (QED) is 0.278. The van der Waals surface area contributed by atoms with Gasteiger partial charge >= 0.3 is 18.1 Å². The topological polar surface area (TPSA) is 136 Å². The van der Waals surface area contributed by atoms with Gasteiger partial charge in [0.2, 0.25) is 0 Å². The van der Waals surface area contributed by atoms with Gasteiger partial charge in [0.15, 0.2) is 0 Å². The van der Waals surface area contributed by atoms with Gasteiger partial charge in [-0.05, 0) is 69.2 Å². The fourth-order valence-electron chi connectivity index (χ4n) is 1.34. The molecule has 0 saturated carbocycles. The first-order valence-electron chi connectivity index (χ1n) is 10.5. The molecule has 192 valence electrons. The minimum atomic E-state index is -3.25. The molecule has 0 aromatic rings. The standard InChI is InChI=1S/2C6H16O4Si.2C3H8O.Ti/c2*1-4-8-11(7,9-5-2)10-6-3;2*1-3(2)4;/h2*7H,4-6H2,1-3H3;2*3-4H,1-2H3;. The predicted molar refractivity (Wildman–Crippen MR) is 120 cm³/mol. The van der Waals surface area contributed by atoms with E-state index in [0.717, 1.165) is 0 Å². The van der Waals surface area contributed by atoms with Gasteiger partial charge in [-0.3, -0.25) is 0 Å². The summed E-state index contributed by atoms with van der Waals surface area (Å²) in [5.74, 6) is 0. The maximum Gasteiger partial charge on any atom is 0.676 e. The molecule has 0 aromatic heterocycles. The first-order valence-corrected chi connectivity index (χ1v) is 13.8. The number of aliphatic hydroxyl groups excluding tert-OH is 2. The van der Waals surface area contributed by atoms with Gasteiger partial charge in [-0.1, -0.05) is 0 Å². The van der Waals surface area contributed by atoms with Crippen molar-refractivity contribution in [3.05, 3.63) is 0 Å². The zero-order valence-corrected chi connectivity index (χ0v) is 24.7. The third-order valence-corrected chi connectivity index (χ3v) is 5.88. The first kappa shape index (κ1) is 42.0. The molecule has 0 amide bonds. The van der Waals surface area contributed by atoms with Crippen molar-refractivity contribution in [2.24, 2.45) is 0 Å². The van der Waals surface area contributed by atoms with Crippen LogP contribution < -0.4 is 0 Å². The number of rotatable bonds is 12. The normalized spacial score (nSPS) is 10.8. The largest absolute Gasteiger partial charge is 0.676 e. The summed E-state index contributed by atoms with van der Waals surface area (Å²) in [5, 5.41) is 16.1. The Labute approximate surface area is 207 Å². The molecule has 0 atom stereocenters. The number of hydrogen-bond donors (Lipinski definition) is 4. The van der Waals surface area contributed by atoms with E-state index in [1.165, 1.54) is 0 Å². The SMILES string of the molecule is CC(C)O.CC(C)O.CCO[Si](O)(OCC)OCC.CCO[Si](O)(OCC)OCC.[Ti]. The molecule has 0 rings (SSSR count). The molecule has 4 N–H and O–H groups in total. The molecule has 0 heterocycles. The van der Waals surface area contributed by atoms with Gasteiger partial charge in [-0.2, -0.15) is 0 Å². The summed E-state index contributed by atoms with van der Waals surface area (Å²) < 4.78 is 29.8. The van der Waals surface area contributed by atoms with Gasteiger partial charge in [0.25, 0.3) is 0 Å². The van der Waals surface area contributed by atoms with Crippen molar-refractivity contribution < 1.29 is 68.1 Å². The van der Waals surface area contributed by atoms with Crippen LogP contribution in [0.2, 0.25) is 0 Å². The maximum atomic E-state index is 9.48. The molecule has 13 heteroatoms. The van der Waals surface area contributed by atoms with Crippen LogP contribution in [0.25, 0.3) is 0 Å². The third-order valence-electron chi connectivity index (χ3n) is 1.96. The summed E-state index contributed by atoms with van der Waals surface area (Å²) in [6.45, 7) is 20.0. The summed E-state index contributed by atoms with van der Waals surface area (Å²) in [5.41, 5.74) is 0. The Bertz CT molecular complexity index is 260. The average molecular weight is 529 g/mol. The van der Waals surface area contributed by atoms with E-state index < -0.39 is 18.1 Å². The molecule has 0 aliphatic carbocycles. The van der Waals surface area contributed by atoms with Crippen molar-refractivity contribution in [1.29, 1.82) is 0 Å². The van der Waals surface area contributed by atoms with E-state index in [1.54, 1.807) is 69.2 Å². The fraction of sp³-hybridized carbons (Fsp3) is 1.00. The van der Waals surface area contributed by atoms with Crippen LogP contribution in [0.3, 0.4) is 0 Å². The Kier molecular flexibility index (Phi) is 38.9. The molecular formula is C18H48O10Si2Ti. The van der Waals surface area contributed by atoms with E-state index in [2.05, 4.69) is 0 Å². The third kappa shape index (κ3) is 41.5. The average Bonchev–Trinajstić information content (AvgIpc) is 2.55. The Hall–Kier alpha value is 0.748. The van der Waals surface area contributed by atoms with Crippen molar-refractivity contribution in [2.75, 3.05) is 39.6 Å². The van der Waals surface area contributed by atoms with Gasteiger partial charge in [0, 0.05) is 73.6 Å². The minimum Gasteiger partial charge on any atom is -0.394 e. The van der Waals surface area contributed by atoms with Crippen LogP contribution in [0, 0.1) is 0 Å². The fourth-order valence-corrected chi connectivity index (χ4v) is 4.03. The predicted octanol–water partition coefficient (Wildman–Crippen LogP) is 1.82. The van der Waals surface area contributed by atoms with Crippen molar-refractivity contribution in [3.8, 4) is 0 Å². The summed E-state index contributed by atoms with van der Waals surface area (Å²) in [7, 11) is -6.50. The Balaban J connectivity index is -0.000000106. The van der Waals surface area contributed by atoms with E-state index in [-0.39, 0.29) is 33.9 Å². The van der Waals surface area contributed by atoms with Gasteiger partial charge in [0.1, 0.15) is 0 Å². The van der Waals surface area contributed by atoms with Crippen molar-refractivity contribution in [1.82, 2.24) is 0 Å². The van der Waals surface area contributed by atoms with E-state index in [0.29, 0.717) is 39.6 Å². The van der Waals surface area contributed by atoms with Crippen molar-refractivity contribution in [2.45, 2.75) is 81.4 Å². The van der Waals surface area contributed by atoms with Gasteiger partial charge in [-0.15, -0.1) is 0 Å². The Morgan fingerprint density at radius 2 is 0.581 bits per heavy atom. The van der Waals surface area contributed by atoms with Crippen LogP contribution in [-0.2, 0) is 48.3 Å². The molecule has 0 spiro atoms. The van der Waals surface area contributed by atoms with Crippen LogP contribution in [0.15, 0.2) is 0 Å². The van der Waals surface area contributed by atoms with Crippen LogP contribution in [0.5, 0.6) is 0 Å². The molecule has 0 unspecified atom stereocenters. The van der Waals surface area contributed by atoms with Gasteiger partial charge in [-0.25, -0.2) is 0 Å². The molecule has 31 heavy (non-hydrogen) atoms. The second kappa shape index (κ2) is 28.8. The molecular weight excluding hydrogens is 480 g/mol. The van der Waals surface area contributed by atoms with E-state index in [1.807, 2.05) is 0 Å². The van der Waals surface area contributed by atoms with Gasteiger partial charge < -0.3 is 46.4 Å².